The van der Waals surface area contributed by atoms with Gasteiger partial charge < -0.3 is 5.11 Å². The highest BCUT2D eigenvalue weighted by atomic mass is 32.2. The topological polar surface area (TPSA) is 49.7 Å². The van der Waals surface area contributed by atoms with Gasteiger partial charge in [0.25, 0.3) is 8.24 Å². The summed E-state index contributed by atoms with van der Waals surface area (Å²) in [7, 11) is -5.93. The molecule has 0 spiro atoms. The molecule has 0 aliphatic heterocycles. The van der Waals surface area contributed by atoms with E-state index in [9.17, 15) is 5.11 Å². The summed E-state index contributed by atoms with van der Waals surface area (Å²) in [5, 5.41) is 13.3. The van der Waals surface area contributed by atoms with Crippen LogP contribution in [0.2, 0.25) is 5.04 Å². The molecule has 3 aromatic rings. The Labute approximate surface area is 201 Å². The SMILES string of the molecule is CC(C)[C@](C)(O)C[S@@](=O)(=N[Si](c1ccccc1)(c1ccccc1)C(C)(C)C)c1ccccc1. The number of benzene rings is 3. The predicted molar refractivity (Wildman–Crippen MR) is 143 cm³/mol. The van der Waals surface area contributed by atoms with Crippen molar-refractivity contribution in [2.24, 2.45) is 9.95 Å². The van der Waals surface area contributed by atoms with Crippen molar-refractivity contribution in [2.75, 3.05) is 5.75 Å². The van der Waals surface area contributed by atoms with Crippen molar-refractivity contribution in [3.8, 4) is 0 Å². The minimum Gasteiger partial charge on any atom is -0.389 e. The van der Waals surface area contributed by atoms with Gasteiger partial charge in [-0.05, 0) is 40.4 Å². The van der Waals surface area contributed by atoms with Crippen LogP contribution in [-0.4, -0.2) is 28.9 Å². The van der Waals surface area contributed by atoms with Crippen LogP contribution in [0.5, 0.6) is 0 Å². The second-order valence-corrected chi connectivity index (χ2v) is 17.2. The second kappa shape index (κ2) is 9.57. The molecular weight excluding hydrogens is 442 g/mol. The maximum atomic E-state index is 15.0. The highest BCUT2D eigenvalue weighted by Gasteiger charge is 2.50. The predicted octanol–water partition coefficient (Wildman–Crippen LogP) is 5.48. The molecule has 0 bridgehead atoms. The molecule has 0 aromatic heterocycles. The summed E-state index contributed by atoms with van der Waals surface area (Å²) >= 11 is 0. The van der Waals surface area contributed by atoms with Crippen LogP contribution in [0.3, 0.4) is 0 Å². The van der Waals surface area contributed by atoms with Crippen LogP contribution in [0.4, 0.5) is 0 Å². The van der Waals surface area contributed by atoms with E-state index >= 15 is 4.21 Å². The number of rotatable bonds is 7. The normalized spacial score (nSPS) is 16.1. The number of nitrogens with zero attached hydrogens (tertiary/aromatic N) is 1. The van der Waals surface area contributed by atoms with E-state index in [-0.39, 0.29) is 16.7 Å². The monoisotopic (exact) mass is 479 g/mol. The largest absolute Gasteiger partial charge is 0.389 e. The maximum absolute atomic E-state index is 15.0. The van der Waals surface area contributed by atoms with Gasteiger partial charge in [-0.3, -0.25) is 4.03 Å². The van der Waals surface area contributed by atoms with Gasteiger partial charge in [0.15, 0.2) is 0 Å². The van der Waals surface area contributed by atoms with Crippen LogP contribution in [-0.2, 0) is 9.73 Å². The molecule has 0 radical (unpaired) electrons. The third-order valence-corrected chi connectivity index (χ3v) is 15.4. The summed E-state index contributed by atoms with van der Waals surface area (Å²) in [4.78, 5) is 0.680. The summed E-state index contributed by atoms with van der Waals surface area (Å²) in [5.41, 5.74) is -1.12. The maximum Gasteiger partial charge on any atom is 0.260 e. The molecule has 176 valence electrons. The van der Waals surface area contributed by atoms with Gasteiger partial charge in [0.2, 0.25) is 0 Å². The van der Waals surface area contributed by atoms with Crippen LogP contribution in [0, 0.1) is 5.92 Å². The molecule has 0 fully saturated rings. The average Bonchev–Trinajstić information content (AvgIpc) is 2.78. The molecule has 1 N–H and O–H groups in total. The third-order valence-electron chi connectivity index (χ3n) is 6.60. The first-order valence-electron chi connectivity index (χ1n) is 11.6. The summed E-state index contributed by atoms with van der Waals surface area (Å²) in [6, 6.07) is 30.2. The van der Waals surface area contributed by atoms with E-state index in [0.717, 1.165) is 10.4 Å². The van der Waals surface area contributed by atoms with Crippen LogP contribution in [0.25, 0.3) is 0 Å². The first kappa shape index (κ1) is 25.4. The Morgan fingerprint density at radius 2 is 1.18 bits per heavy atom. The fourth-order valence-electron chi connectivity index (χ4n) is 4.22. The lowest BCUT2D eigenvalue weighted by molar-refractivity contribution is 0.0365. The van der Waals surface area contributed by atoms with Gasteiger partial charge in [-0.15, -0.1) is 0 Å². The summed E-state index contributed by atoms with van der Waals surface area (Å²) in [6.45, 7) is 12.3. The smallest absolute Gasteiger partial charge is 0.260 e. The highest BCUT2D eigenvalue weighted by Crippen LogP contribution is 2.39. The fourth-order valence-corrected chi connectivity index (χ4v) is 13.9. The highest BCUT2D eigenvalue weighted by molar-refractivity contribution is 7.94. The molecule has 2 atom stereocenters. The van der Waals surface area contributed by atoms with Crippen molar-refractivity contribution in [3.05, 3.63) is 91.0 Å². The Bertz CT molecular complexity index is 1120. The van der Waals surface area contributed by atoms with E-state index in [1.54, 1.807) is 6.92 Å². The van der Waals surface area contributed by atoms with Crippen molar-refractivity contribution in [3.63, 3.8) is 0 Å². The molecule has 3 nitrogen and oxygen atoms in total. The average molecular weight is 480 g/mol. The Hall–Kier alpha value is -2.21. The molecule has 5 heteroatoms. The lowest BCUT2D eigenvalue weighted by Gasteiger charge is -2.41. The Morgan fingerprint density at radius 1 is 0.788 bits per heavy atom. The van der Waals surface area contributed by atoms with E-state index in [0.29, 0.717) is 4.90 Å². The zero-order chi connectivity index (χ0) is 24.3. The lowest BCUT2D eigenvalue weighted by Crippen LogP contribution is -2.63. The van der Waals surface area contributed by atoms with Crippen molar-refractivity contribution < 1.29 is 9.32 Å². The fraction of sp³-hybridized carbons (Fsp3) is 0.357. The third kappa shape index (κ3) is 5.16. The van der Waals surface area contributed by atoms with Crippen LogP contribution in [0.15, 0.2) is 99.9 Å². The molecular formula is C28H37NO2SSi. The van der Waals surface area contributed by atoms with Gasteiger partial charge in [-0.25, -0.2) is 4.21 Å². The zero-order valence-corrected chi connectivity index (χ0v) is 22.5. The molecule has 0 amide bonds. The van der Waals surface area contributed by atoms with E-state index < -0.39 is 23.6 Å². The Kier molecular flexibility index (Phi) is 7.37. The molecule has 0 aliphatic rings. The minimum absolute atomic E-state index is 0.0589. The summed E-state index contributed by atoms with van der Waals surface area (Å²) in [5.74, 6) is 0.0306. The molecule has 0 saturated heterocycles. The molecule has 0 unspecified atom stereocenters. The minimum atomic E-state index is -2.97. The van der Waals surface area contributed by atoms with E-state index in [1.165, 1.54) is 0 Å². The number of aliphatic hydroxyl groups is 1. The molecule has 0 aliphatic carbocycles. The standard InChI is InChI=1S/C28H37NO2SSi/c1-23(2)28(6,30)22-32(31,24-16-10-7-11-17-24)29-33(27(3,4)5,25-18-12-8-13-19-25)26-20-14-9-15-21-26/h7-21,23,30H,22H2,1-6H3/t28-,32+/m1/s1. The van der Waals surface area contributed by atoms with Crippen molar-refractivity contribution in [2.45, 2.75) is 57.1 Å². The van der Waals surface area contributed by atoms with E-state index in [4.69, 9.17) is 4.03 Å². The van der Waals surface area contributed by atoms with Crippen molar-refractivity contribution >= 4 is 28.3 Å². The molecule has 0 heterocycles. The molecule has 33 heavy (non-hydrogen) atoms. The van der Waals surface area contributed by atoms with Gasteiger partial charge in [0, 0.05) is 4.90 Å². The van der Waals surface area contributed by atoms with Gasteiger partial charge >= 0.3 is 0 Å². The second-order valence-electron chi connectivity index (χ2n) is 10.4. The van der Waals surface area contributed by atoms with Crippen LogP contribution < -0.4 is 10.4 Å². The van der Waals surface area contributed by atoms with Crippen molar-refractivity contribution in [1.29, 1.82) is 0 Å². The van der Waals surface area contributed by atoms with Crippen molar-refractivity contribution in [1.82, 2.24) is 0 Å². The lowest BCUT2D eigenvalue weighted by atomic mass is 9.95. The first-order chi connectivity index (χ1) is 15.4. The van der Waals surface area contributed by atoms with E-state index in [2.05, 4.69) is 45.0 Å². The van der Waals surface area contributed by atoms with Gasteiger partial charge in [-0.1, -0.05) is 113 Å². The summed E-state index contributed by atoms with van der Waals surface area (Å²) < 4.78 is 20.5. The Morgan fingerprint density at radius 3 is 1.55 bits per heavy atom. The first-order valence-corrected chi connectivity index (χ1v) is 15.2. The number of hydrogen-bond acceptors (Lipinski definition) is 3. The summed E-state index contributed by atoms with van der Waals surface area (Å²) in [6.07, 6.45) is 0. The van der Waals surface area contributed by atoms with Crippen LogP contribution >= 0.6 is 0 Å². The van der Waals surface area contributed by atoms with Gasteiger partial charge in [0.1, 0.15) is 0 Å². The number of hydrogen-bond donors (Lipinski definition) is 1. The Balaban J connectivity index is 2.48. The van der Waals surface area contributed by atoms with Crippen LogP contribution in [0.1, 0.15) is 41.5 Å². The molecule has 3 aromatic carbocycles. The van der Waals surface area contributed by atoms with Gasteiger partial charge in [-0.2, -0.15) is 0 Å². The quantitative estimate of drug-likeness (QED) is 0.456. The molecule has 3 rings (SSSR count). The van der Waals surface area contributed by atoms with Gasteiger partial charge in [0.05, 0.1) is 21.1 Å². The zero-order valence-electron chi connectivity index (χ0n) is 20.7. The molecule has 0 saturated carbocycles. The van der Waals surface area contributed by atoms with E-state index in [1.807, 2.05) is 80.6 Å².